The molecule has 1 aromatic rings. The van der Waals surface area contributed by atoms with Crippen molar-refractivity contribution in [1.82, 2.24) is 15.2 Å². The molecule has 0 radical (unpaired) electrons. The van der Waals surface area contributed by atoms with Crippen LogP contribution in [0.5, 0.6) is 0 Å². The SMILES string of the molecule is Cc1cccc(CNC(=O)N(C)CC2CCCC2O)n1. The summed E-state index contributed by atoms with van der Waals surface area (Å²) in [6.07, 6.45) is 2.64. The molecular formula is C15H23N3O2. The number of aliphatic hydroxyl groups excluding tert-OH is 1. The van der Waals surface area contributed by atoms with Gasteiger partial charge in [-0.15, -0.1) is 0 Å². The molecule has 2 rings (SSSR count). The predicted molar refractivity (Wildman–Crippen MR) is 77.2 cm³/mol. The fraction of sp³-hybridized carbons (Fsp3) is 0.600. The second kappa shape index (κ2) is 6.70. The van der Waals surface area contributed by atoms with Crippen LogP contribution in [-0.4, -0.2) is 40.7 Å². The molecule has 1 aromatic heterocycles. The summed E-state index contributed by atoms with van der Waals surface area (Å²) in [5, 5.41) is 12.6. The lowest BCUT2D eigenvalue weighted by atomic mass is 10.1. The maximum absolute atomic E-state index is 12.0. The largest absolute Gasteiger partial charge is 0.393 e. The van der Waals surface area contributed by atoms with E-state index < -0.39 is 0 Å². The number of hydrogen-bond acceptors (Lipinski definition) is 3. The molecule has 2 atom stereocenters. The zero-order chi connectivity index (χ0) is 14.5. The molecule has 2 N–H and O–H groups in total. The number of aromatic nitrogens is 1. The van der Waals surface area contributed by atoms with Gasteiger partial charge in [0.05, 0.1) is 18.3 Å². The van der Waals surface area contributed by atoms with E-state index in [0.29, 0.717) is 13.1 Å². The van der Waals surface area contributed by atoms with Crippen LogP contribution >= 0.6 is 0 Å². The van der Waals surface area contributed by atoms with E-state index in [-0.39, 0.29) is 18.1 Å². The van der Waals surface area contributed by atoms with Crippen LogP contribution < -0.4 is 5.32 Å². The van der Waals surface area contributed by atoms with Gasteiger partial charge in [-0.25, -0.2) is 4.79 Å². The van der Waals surface area contributed by atoms with Crippen LogP contribution in [0.4, 0.5) is 4.79 Å². The zero-order valence-corrected chi connectivity index (χ0v) is 12.2. The van der Waals surface area contributed by atoms with E-state index in [2.05, 4.69) is 10.3 Å². The molecule has 2 unspecified atom stereocenters. The molecule has 20 heavy (non-hydrogen) atoms. The van der Waals surface area contributed by atoms with Crippen LogP contribution in [0, 0.1) is 12.8 Å². The summed E-state index contributed by atoms with van der Waals surface area (Å²) < 4.78 is 0. The summed E-state index contributed by atoms with van der Waals surface area (Å²) in [5.74, 6) is 0.211. The third-order valence-electron chi connectivity index (χ3n) is 3.84. The number of urea groups is 1. The summed E-state index contributed by atoms with van der Waals surface area (Å²) in [4.78, 5) is 18.0. The summed E-state index contributed by atoms with van der Waals surface area (Å²) >= 11 is 0. The number of carbonyl (C=O) groups is 1. The Hall–Kier alpha value is -1.62. The molecule has 0 saturated heterocycles. The van der Waals surface area contributed by atoms with Crippen LogP contribution in [0.15, 0.2) is 18.2 Å². The number of rotatable bonds is 4. The van der Waals surface area contributed by atoms with Crippen molar-refractivity contribution in [3.8, 4) is 0 Å². The maximum atomic E-state index is 12.0. The van der Waals surface area contributed by atoms with Crippen molar-refractivity contribution >= 4 is 6.03 Å². The van der Waals surface area contributed by atoms with Crippen molar-refractivity contribution in [3.63, 3.8) is 0 Å². The number of nitrogens with zero attached hydrogens (tertiary/aromatic N) is 2. The molecule has 0 spiro atoms. The van der Waals surface area contributed by atoms with Gasteiger partial charge in [-0.05, 0) is 31.9 Å². The van der Waals surface area contributed by atoms with Gasteiger partial charge in [0.2, 0.25) is 0 Å². The molecule has 1 aliphatic rings. The minimum absolute atomic E-state index is 0.118. The highest BCUT2D eigenvalue weighted by Crippen LogP contribution is 2.25. The first-order valence-electron chi connectivity index (χ1n) is 7.16. The third kappa shape index (κ3) is 3.93. The normalized spacial score (nSPS) is 21.8. The quantitative estimate of drug-likeness (QED) is 0.880. The van der Waals surface area contributed by atoms with Gasteiger partial charge in [-0.1, -0.05) is 12.5 Å². The van der Waals surface area contributed by atoms with E-state index in [0.717, 1.165) is 30.7 Å². The fourth-order valence-electron chi connectivity index (χ4n) is 2.66. The second-order valence-corrected chi connectivity index (χ2v) is 5.57. The highest BCUT2D eigenvalue weighted by molar-refractivity contribution is 5.73. The average Bonchev–Trinajstić information content (AvgIpc) is 2.81. The van der Waals surface area contributed by atoms with Crippen molar-refractivity contribution in [2.75, 3.05) is 13.6 Å². The minimum atomic E-state index is -0.260. The Morgan fingerprint density at radius 3 is 2.95 bits per heavy atom. The number of nitrogens with one attached hydrogen (secondary N) is 1. The number of hydrogen-bond donors (Lipinski definition) is 2. The monoisotopic (exact) mass is 277 g/mol. The highest BCUT2D eigenvalue weighted by Gasteiger charge is 2.27. The van der Waals surface area contributed by atoms with Gasteiger partial charge < -0.3 is 15.3 Å². The molecular weight excluding hydrogens is 254 g/mol. The first-order chi connectivity index (χ1) is 9.56. The number of amides is 2. The number of pyridine rings is 1. The van der Waals surface area contributed by atoms with E-state index in [1.165, 1.54) is 0 Å². The van der Waals surface area contributed by atoms with Gasteiger partial charge in [-0.2, -0.15) is 0 Å². The molecule has 1 heterocycles. The van der Waals surface area contributed by atoms with Crippen LogP contribution in [0.1, 0.15) is 30.7 Å². The van der Waals surface area contributed by atoms with E-state index >= 15 is 0 Å². The zero-order valence-electron chi connectivity index (χ0n) is 12.2. The van der Waals surface area contributed by atoms with E-state index in [1.807, 2.05) is 25.1 Å². The van der Waals surface area contributed by atoms with Gasteiger partial charge in [0.25, 0.3) is 0 Å². The molecule has 0 aromatic carbocycles. The van der Waals surface area contributed by atoms with Crippen molar-refractivity contribution in [2.24, 2.45) is 5.92 Å². The second-order valence-electron chi connectivity index (χ2n) is 5.57. The standard InChI is InChI=1S/C15H23N3O2/c1-11-5-3-7-13(17-11)9-16-15(20)18(2)10-12-6-4-8-14(12)19/h3,5,7,12,14,19H,4,6,8-10H2,1-2H3,(H,16,20). The van der Waals surface area contributed by atoms with Crippen molar-refractivity contribution in [1.29, 1.82) is 0 Å². The van der Waals surface area contributed by atoms with E-state index in [4.69, 9.17) is 0 Å². The topological polar surface area (TPSA) is 65.5 Å². The van der Waals surface area contributed by atoms with Crippen molar-refractivity contribution < 1.29 is 9.90 Å². The summed E-state index contributed by atoms with van der Waals surface area (Å²) in [6.45, 7) is 2.96. The Morgan fingerprint density at radius 1 is 1.50 bits per heavy atom. The Labute approximate surface area is 120 Å². The van der Waals surface area contributed by atoms with Crippen LogP contribution in [-0.2, 0) is 6.54 Å². The lowest BCUT2D eigenvalue weighted by molar-refractivity contribution is 0.114. The Balaban J connectivity index is 1.79. The maximum Gasteiger partial charge on any atom is 0.317 e. The summed E-state index contributed by atoms with van der Waals surface area (Å²) in [5.41, 5.74) is 1.80. The highest BCUT2D eigenvalue weighted by atomic mass is 16.3. The van der Waals surface area contributed by atoms with Gasteiger partial charge in [0, 0.05) is 25.2 Å². The summed E-state index contributed by atoms with van der Waals surface area (Å²) in [6, 6.07) is 5.64. The van der Waals surface area contributed by atoms with Gasteiger partial charge in [-0.3, -0.25) is 4.98 Å². The molecule has 0 bridgehead atoms. The van der Waals surface area contributed by atoms with Crippen LogP contribution in [0.25, 0.3) is 0 Å². The Bertz CT molecular complexity index is 464. The average molecular weight is 277 g/mol. The first kappa shape index (κ1) is 14.8. The smallest absolute Gasteiger partial charge is 0.317 e. The molecule has 0 aliphatic heterocycles. The molecule has 5 heteroatoms. The molecule has 1 fully saturated rings. The van der Waals surface area contributed by atoms with Gasteiger partial charge >= 0.3 is 6.03 Å². The van der Waals surface area contributed by atoms with Crippen molar-refractivity contribution in [3.05, 3.63) is 29.6 Å². The lowest BCUT2D eigenvalue weighted by Crippen LogP contribution is -2.41. The van der Waals surface area contributed by atoms with Gasteiger partial charge in [0.15, 0.2) is 0 Å². The third-order valence-corrected chi connectivity index (χ3v) is 3.84. The molecule has 1 saturated carbocycles. The molecule has 2 amide bonds. The Kier molecular flexibility index (Phi) is 4.95. The molecule has 110 valence electrons. The number of carbonyl (C=O) groups excluding carboxylic acids is 1. The minimum Gasteiger partial charge on any atom is -0.393 e. The predicted octanol–water partition coefficient (Wildman–Crippen LogP) is 1.69. The lowest BCUT2D eigenvalue weighted by Gasteiger charge is -2.23. The van der Waals surface area contributed by atoms with Crippen LogP contribution in [0.3, 0.4) is 0 Å². The van der Waals surface area contributed by atoms with Gasteiger partial charge in [0.1, 0.15) is 0 Å². The fourth-order valence-corrected chi connectivity index (χ4v) is 2.66. The van der Waals surface area contributed by atoms with E-state index in [9.17, 15) is 9.90 Å². The molecule has 1 aliphatic carbocycles. The summed E-state index contributed by atoms with van der Waals surface area (Å²) in [7, 11) is 1.77. The number of aryl methyl sites for hydroxylation is 1. The molecule has 5 nitrogen and oxygen atoms in total. The number of aliphatic hydroxyl groups is 1. The van der Waals surface area contributed by atoms with Crippen molar-refractivity contribution in [2.45, 2.75) is 38.8 Å². The van der Waals surface area contributed by atoms with E-state index in [1.54, 1.807) is 11.9 Å². The first-order valence-corrected chi connectivity index (χ1v) is 7.16. The van der Waals surface area contributed by atoms with Crippen LogP contribution in [0.2, 0.25) is 0 Å². The Morgan fingerprint density at radius 2 is 2.30 bits per heavy atom.